The molecule has 0 atom stereocenters. The highest BCUT2D eigenvalue weighted by atomic mass is 19.4. The standard InChI is InChI=1S/C6HF9O3/c7-1(4(9,10)11)2(8)5(12,13)18-6(14,15)3(16)17/h(H,16,17)/b2-1+. The normalized spacial score (nSPS) is 15.4. The van der Waals surface area contributed by atoms with Crippen LogP contribution in [-0.4, -0.2) is 29.5 Å². The second kappa shape index (κ2) is 4.66. The Balaban J connectivity index is 5.36. The van der Waals surface area contributed by atoms with Gasteiger partial charge < -0.3 is 5.11 Å². The molecule has 0 rings (SSSR count). The van der Waals surface area contributed by atoms with E-state index in [1.807, 2.05) is 4.74 Å². The van der Waals surface area contributed by atoms with Crippen molar-refractivity contribution in [1.82, 2.24) is 0 Å². The van der Waals surface area contributed by atoms with Crippen LogP contribution in [0.4, 0.5) is 39.5 Å². The molecule has 3 nitrogen and oxygen atoms in total. The minimum absolute atomic E-state index is 2.03. The van der Waals surface area contributed by atoms with E-state index in [9.17, 15) is 44.3 Å². The predicted octanol–water partition coefficient (Wildman–Crippen LogP) is 2.99. The van der Waals surface area contributed by atoms with Gasteiger partial charge in [0.25, 0.3) is 0 Å². The SMILES string of the molecule is O=C(O)C(F)(F)OC(F)(F)/C(F)=C(\F)C(F)(F)F. The van der Waals surface area contributed by atoms with Gasteiger partial charge in [0, 0.05) is 0 Å². The van der Waals surface area contributed by atoms with Crippen LogP contribution in [0.15, 0.2) is 11.7 Å². The average molecular weight is 292 g/mol. The summed E-state index contributed by atoms with van der Waals surface area (Å²) in [7, 11) is 0. The number of alkyl halides is 7. The first kappa shape index (κ1) is 16.5. The van der Waals surface area contributed by atoms with E-state index in [0.29, 0.717) is 0 Å². The first-order chi connectivity index (χ1) is 7.72. The lowest BCUT2D eigenvalue weighted by Gasteiger charge is -2.20. The topological polar surface area (TPSA) is 46.5 Å². The van der Waals surface area contributed by atoms with E-state index in [1.165, 1.54) is 0 Å². The fourth-order valence-electron chi connectivity index (χ4n) is 0.502. The van der Waals surface area contributed by atoms with Crippen LogP contribution in [0.3, 0.4) is 0 Å². The fraction of sp³-hybridized carbons (Fsp3) is 0.500. The molecule has 0 aliphatic rings. The Hall–Kier alpha value is -1.46. The van der Waals surface area contributed by atoms with E-state index >= 15 is 0 Å². The van der Waals surface area contributed by atoms with Gasteiger partial charge in [-0.25, -0.2) is 9.53 Å². The monoisotopic (exact) mass is 292 g/mol. The van der Waals surface area contributed by atoms with E-state index in [1.54, 1.807) is 0 Å². The quantitative estimate of drug-likeness (QED) is 0.810. The van der Waals surface area contributed by atoms with Gasteiger partial charge in [-0.05, 0) is 0 Å². The molecule has 0 fully saturated rings. The lowest BCUT2D eigenvalue weighted by Crippen LogP contribution is -2.40. The van der Waals surface area contributed by atoms with Crippen LogP contribution in [0.1, 0.15) is 0 Å². The zero-order valence-electron chi connectivity index (χ0n) is 7.67. The lowest BCUT2D eigenvalue weighted by atomic mass is 10.4. The molecular weight excluding hydrogens is 291 g/mol. The molecule has 0 aliphatic heterocycles. The summed E-state index contributed by atoms with van der Waals surface area (Å²) in [5.41, 5.74) is 0. The summed E-state index contributed by atoms with van der Waals surface area (Å²) in [6.07, 6.45) is -18.0. The molecule has 0 amide bonds. The maximum atomic E-state index is 12.3. The minimum atomic E-state index is -6.21. The average Bonchev–Trinajstić information content (AvgIpc) is 2.12. The third-order valence-corrected chi connectivity index (χ3v) is 1.20. The van der Waals surface area contributed by atoms with E-state index in [-0.39, 0.29) is 0 Å². The van der Waals surface area contributed by atoms with Crippen LogP contribution < -0.4 is 0 Å². The van der Waals surface area contributed by atoms with Gasteiger partial charge in [-0.2, -0.15) is 39.5 Å². The van der Waals surface area contributed by atoms with Gasteiger partial charge in [0.2, 0.25) is 11.7 Å². The van der Waals surface area contributed by atoms with Gasteiger partial charge in [0.05, 0.1) is 0 Å². The van der Waals surface area contributed by atoms with Crippen molar-refractivity contribution < 1.29 is 54.2 Å². The number of hydrogen-bond acceptors (Lipinski definition) is 2. The summed E-state index contributed by atoms with van der Waals surface area (Å²) in [5.74, 6) is -11.4. The molecule has 0 unspecified atom stereocenters. The Morgan fingerprint density at radius 1 is 0.833 bits per heavy atom. The number of carbonyl (C=O) groups is 1. The number of rotatable bonds is 4. The number of aliphatic carboxylic acids is 1. The molecule has 106 valence electrons. The number of carboxylic acid groups (broad SMARTS) is 1. The molecule has 0 saturated carbocycles. The maximum absolute atomic E-state index is 12.3. The van der Waals surface area contributed by atoms with Crippen LogP contribution in [0, 0.1) is 0 Å². The zero-order chi connectivity index (χ0) is 14.9. The van der Waals surface area contributed by atoms with Crippen LogP contribution >= 0.6 is 0 Å². The second-order valence-corrected chi connectivity index (χ2v) is 2.57. The predicted molar refractivity (Wildman–Crippen MR) is 33.9 cm³/mol. The van der Waals surface area contributed by atoms with E-state index < -0.39 is 36.0 Å². The summed E-state index contributed by atoms with van der Waals surface area (Å²) in [6, 6.07) is 0. The number of ether oxygens (including phenoxy) is 1. The Morgan fingerprint density at radius 2 is 1.22 bits per heavy atom. The van der Waals surface area contributed by atoms with E-state index in [0.717, 1.165) is 0 Å². The first-order valence-electron chi connectivity index (χ1n) is 3.54. The van der Waals surface area contributed by atoms with Crippen LogP contribution in [0.25, 0.3) is 0 Å². The highest BCUT2D eigenvalue weighted by molar-refractivity contribution is 5.73. The van der Waals surface area contributed by atoms with Crippen molar-refractivity contribution in [3.05, 3.63) is 11.7 Å². The minimum Gasteiger partial charge on any atom is -0.475 e. The highest BCUT2D eigenvalue weighted by Gasteiger charge is 2.56. The molecular formula is C6HF9O3. The van der Waals surface area contributed by atoms with Crippen LogP contribution in [0.5, 0.6) is 0 Å². The molecule has 0 spiro atoms. The van der Waals surface area contributed by atoms with Crippen LogP contribution in [0.2, 0.25) is 0 Å². The van der Waals surface area contributed by atoms with Crippen molar-refractivity contribution >= 4 is 5.97 Å². The summed E-state index contributed by atoms with van der Waals surface area (Å²) < 4.78 is 109. The number of allylic oxidation sites excluding steroid dienone is 1. The number of hydrogen-bond donors (Lipinski definition) is 1. The highest BCUT2D eigenvalue weighted by Crippen LogP contribution is 2.40. The van der Waals surface area contributed by atoms with Gasteiger partial charge in [0.15, 0.2) is 0 Å². The molecule has 1 N–H and O–H groups in total. The Morgan fingerprint density at radius 3 is 1.50 bits per heavy atom. The Bertz CT molecular complexity index is 369. The second-order valence-electron chi connectivity index (χ2n) is 2.57. The van der Waals surface area contributed by atoms with Gasteiger partial charge >= 0.3 is 24.4 Å². The maximum Gasteiger partial charge on any atom is 0.460 e. The smallest absolute Gasteiger partial charge is 0.460 e. The molecule has 0 aliphatic carbocycles. The summed E-state index contributed by atoms with van der Waals surface area (Å²) in [5, 5.41) is 7.62. The van der Waals surface area contributed by atoms with Gasteiger partial charge in [-0.1, -0.05) is 0 Å². The van der Waals surface area contributed by atoms with E-state index in [4.69, 9.17) is 5.11 Å². The molecule has 12 heteroatoms. The summed E-state index contributed by atoms with van der Waals surface area (Å²) >= 11 is 0. The molecule has 18 heavy (non-hydrogen) atoms. The van der Waals surface area contributed by atoms with Crippen molar-refractivity contribution in [3.8, 4) is 0 Å². The summed E-state index contributed by atoms with van der Waals surface area (Å²) in [6.45, 7) is 0. The van der Waals surface area contributed by atoms with Crippen molar-refractivity contribution in [2.75, 3.05) is 0 Å². The van der Waals surface area contributed by atoms with Crippen molar-refractivity contribution in [3.63, 3.8) is 0 Å². The largest absolute Gasteiger partial charge is 0.475 e. The third-order valence-electron chi connectivity index (χ3n) is 1.20. The van der Waals surface area contributed by atoms with Gasteiger partial charge in [-0.15, -0.1) is 0 Å². The number of carboxylic acids is 1. The number of halogens is 9. The third kappa shape index (κ3) is 3.78. The van der Waals surface area contributed by atoms with Crippen LogP contribution in [-0.2, 0) is 9.53 Å². The molecule has 0 saturated heterocycles. The Labute approximate surface area is 91.4 Å². The van der Waals surface area contributed by atoms with Crippen molar-refractivity contribution in [1.29, 1.82) is 0 Å². The zero-order valence-corrected chi connectivity index (χ0v) is 7.67. The molecule has 0 aromatic carbocycles. The molecule has 0 aromatic rings. The molecule has 0 heterocycles. The molecule has 0 radical (unpaired) electrons. The van der Waals surface area contributed by atoms with Crippen molar-refractivity contribution in [2.45, 2.75) is 18.4 Å². The fourth-order valence-corrected chi connectivity index (χ4v) is 0.502. The van der Waals surface area contributed by atoms with Gasteiger partial charge in [-0.3, -0.25) is 0 Å². The molecule has 0 bridgehead atoms. The van der Waals surface area contributed by atoms with Gasteiger partial charge in [0.1, 0.15) is 0 Å². The first-order valence-corrected chi connectivity index (χ1v) is 3.54. The summed E-state index contributed by atoms with van der Waals surface area (Å²) in [4.78, 5) is 9.63. The Kier molecular flexibility index (Phi) is 4.29. The van der Waals surface area contributed by atoms with E-state index in [2.05, 4.69) is 0 Å². The molecule has 0 aromatic heterocycles. The lowest BCUT2D eigenvalue weighted by molar-refractivity contribution is -0.354. The van der Waals surface area contributed by atoms with Crippen molar-refractivity contribution in [2.24, 2.45) is 0 Å².